The summed E-state index contributed by atoms with van der Waals surface area (Å²) in [5.41, 5.74) is 6.40. The third-order valence-corrected chi connectivity index (χ3v) is 4.68. The molecule has 0 saturated carbocycles. The molecule has 7 heteroatoms. The van der Waals surface area contributed by atoms with Crippen LogP contribution in [0.2, 0.25) is 0 Å². The van der Waals surface area contributed by atoms with Gasteiger partial charge in [-0.2, -0.15) is 0 Å². The Morgan fingerprint density at radius 1 is 1.14 bits per heavy atom. The first kappa shape index (κ1) is 16.6. The minimum Gasteiger partial charge on any atom is -0.455 e. The standard InChI is InChI=1S/C15H13ClN2O2S.H2O/c16-14-12(17)15(19)18-13-10(7-4-8-11(13)21-14)20-9-5-2-1-3-6-9;/h1-8,12,14H,17H2,(H,18,19);1H2/t12-,14?;/m0./s1. The Kier molecular flexibility index (Phi) is 5.31. The molecule has 1 aliphatic rings. The Morgan fingerprint density at radius 2 is 1.86 bits per heavy atom. The molecule has 5 N–H and O–H groups in total. The van der Waals surface area contributed by atoms with E-state index >= 15 is 0 Å². The van der Waals surface area contributed by atoms with E-state index in [1.54, 1.807) is 6.07 Å². The van der Waals surface area contributed by atoms with Crippen LogP contribution in [0.25, 0.3) is 0 Å². The summed E-state index contributed by atoms with van der Waals surface area (Å²) in [5.74, 6) is 0.948. The third kappa shape index (κ3) is 3.36. The Balaban J connectivity index is 0.00000176. The van der Waals surface area contributed by atoms with E-state index in [0.717, 1.165) is 4.90 Å². The lowest BCUT2D eigenvalue weighted by molar-refractivity contribution is -0.117. The van der Waals surface area contributed by atoms with Crippen LogP contribution in [0.1, 0.15) is 0 Å². The second-order valence-corrected chi connectivity index (χ2v) is 6.44. The van der Waals surface area contributed by atoms with Gasteiger partial charge in [0.05, 0.1) is 5.69 Å². The van der Waals surface area contributed by atoms with Gasteiger partial charge in [-0.25, -0.2) is 0 Å². The normalized spacial score (nSPS) is 20.2. The van der Waals surface area contributed by atoms with Gasteiger partial charge in [-0.1, -0.05) is 24.3 Å². The number of rotatable bonds is 2. The monoisotopic (exact) mass is 338 g/mol. The van der Waals surface area contributed by atoms with Crippen molar-refractivity contribution in [2.75, 3.05) is 5.32 Å². The molecule has 1 unspecified atom stereocenters. The van der Waals surface area contributed by atoms with Crippen molar-refractivity contribution in [1.29, 1.82) is 0 Å². The van der Waals surface area contributed by atoms with Gasteiger partial charge >= 0.3 is 0 Å². The third-order valence-electron chi connectivity index (χ3n) is 3.03. The van der Waals surface area contributed by atoms with Gasteiger partial charge in [-0.3, -0.25) is 4.79 Å². The minimum atomic E-state index is -0.770. The maximum atomic E-state index is 12.0. The van der Waals surface area contributed by atoms with Crippen molar-refractivity contribution in [2.24, 2.45) is 5.73 Å². The van der Waals surface area contributed by atoms with Gasteiger partial charge in [-0.05, 0) is 24.3 Å². The maximum absolute atomic E-state index is 12.0. The van der Waals surface area contributed by atoms with Crippen molar-refractivity contribution in [2.45, 2.75) is 15.6 Å². The Bertz CT molecular complexity index is 669. The molecule has 116 valence electrons. The highest BCUT2D eigenvalue weighted by atomic mass is 35.5. The van der Waals surface area contributed by atoms with Gasteiger partial charge in [0.25, 0.3) is 0 Å². The predicted octanol–water partition coefficient (Wildman–Crippen LogP) is 2.59. The van der Waals surface area contributed by atoms with Gasteiger partial charge in [0.2, 0.25) is 5.91 Å². The lowest BCUT2D eigenvalue weighted by Gasteiger charge is -2.13. The maximum Gasteiger partial charge on any atom is 0.243 e. The highest BCUT2D eigenvalue weighted by Gasteiger charge is 2.30. The van der Waals surface area contributed by atoms with Crippen molar-refractivity contribution in [3.05, 3.63) is 48.5 Å². The lowest BCUT2D eigenvalue weighted by atomic mass is 10.2. The highest BCUT2D eigenvalue weighted by molar-refractivity contribution is 8.01. The molecule has 2 aromatic rings. The number of amides is 1. The van der Waals surface area contributed by atoms with E-state index in [4.69, 9.17) is 22.1 Å². The first-order valence-corrected chi connectivity index (χ1v) is 7.70. The van der Waals surface area contributed by atoms with Crippen molar-refractivity contribution in [3.63, 3.8) is 0 Å². The van der Waals surface area contributed by atoms with Crippen LogP contribution in [0.5, 0.6) is 11.5 Å². The number of carbonyl (C=O) groups is 1. The molecule has 3 rings (SSSR count). The molecule has 1 amide bonds. The molecule has 22 heavy (non-hydrogen) atoms. The molecule has 0 aliphatic carbocycles. The van der Waals surface area contributed by atoms with Crippen LogP contribution in [-0.2, 0) is 4.79 Å². The van der Waals surface area contributed by atoms with E-state index in [9.17, 15) is 4.79 Å². The molecule has 1 heterocycles. The molecular formula is C15H15ClN2O3S. The second kappa shape index (κ2) is 7.02. The first-order valence-electron chi connectivity index (χ1n) is 6.38. The molecule has 2 aromatic carbocycles. The molecule has 0 radical (unpaired) electrons. The molecule has 0 bridgehead atoms. The van der Waals surface area contributed by atoms with Crippen LogP contribution < -0.4 is 15.8 Å². The molecule has 2 atom stereocenters. The SMILES string of the molecule is N[C@@H]1C(=O)Nc2c(Oc3ccccc3)cccc2SC1Cl.O. The summed E-state index contributed by atoms with van der Waals surface area (Å²) in [6.07, 6.45) is 0. The average Bonchev–Trinajstić information content (AvgIpc) is 2.60. The molecular weight excluding hydrogens is 324 g/mol. The molecule has 0 saturated heterocycles. The molecule has 0 spiro atoms. The number of hydrogen-bond acceptors (Lipinski definition) is 4. The number of ether oxygens (including phenoxy) is 1. The van der Waals surface area contributed by atoms with Crippen LogP contribution in [0.4, 0.5) is 5.69 Å². The molecule has 0 fully saturated rings. The van der Waals surface area contributed by atoms with E-state index in [-0.39, 0.29) is 11.4 Å². The topological polar surface area (TPSA) is 95.9 Å². The Morgan fingerprint density at radius 3 is 2.59 bits per heavy atom. The molecule has 0 aromatic heterocycles. The van der Waals surface area contributed by atoms with E-state index in [1.165, 1.54) is 11.8 Å². The summed E-state index contributed by atoms with van der Waals surface area (Å²) in [6, 6.07) is 14.1. The smallest absolute Gasteiger partial charge is 0.243 e. The van der Waals surface area contributed by atoms with E-state index in [2.05, 4.69) is 5.32 Å². The van der Waals surface area contributed by atoms with Crippen LogP contribution in [0.15, 0.2) is 53.4 Å². The number of fused-ring (bicyclic) bond motifs is 1. The van der Waals surface area contributed by atoms with Crippen molar-refractivity contribution in [3.8, 4) is 11.5 Å². The van der Waals surface area contributed by atoms with Gasteiger partial charge in [-0.15, -0.1) is 23.4 Å². The number of hydrogen-bond donors (Lipinski definition) is 2. The summed E-state index contributed by atoms with van der Waals surface area (Å²) in [5, 5.41) is 2.80. The number of halogens is 1. The zero-order valence-electron chi connectivity index (χ0n) is 11.5. The Hall–Kier alpha value is -1.73. The number of benzene rings is 2. The van der Waals surface area contributed by atoms with Crippen LogP contribution in [-0.4, -0.2) is 22.1 Å². The lowest BCUT2D eigenvalue weighted by Crippen LogP contribution is -2.40. The number of thioether (sulfide) groups is 1. The van der Waals surface area contributed by atoms with Crippen LogP contribution >= 0.6 is 23.4 Å². The summed E-state index contributed by atoms with van der Waals surface area (Å²) in [6.45, 7) is 0. The zero-order chi connectivity index (χ0) is 14.8. The minimum absolute atomic E-state index is 0. The van der Waals surface area contributed by atoms with E-state index < -0.39 is 10.8 Å². The number of anilines is 1. The fourth-order valence-electron chi connectivity index (χ4n) is 1.95. The van der Waals surface area contributed by atoms with Gasteiger partial charge in [0, 0.05) is 4.90 Å². The fraction of sp³-hybridized carbons (Fsp3) is 0.133. The quantitative estimate of drug-likeness (QED) is 0.822. The number of nitrogens with two attached hydrogens (primary N) is 1. The van der Waals surface area contributed by atoms with Crippen molar-refractivity contribution < 1.29 is 15.0 Å². The predicted molar refractivity (Wildman–Crippen MR) is 88.7 cm³/mol. The van der Waals surface area contributed by atoms with E-state index in [0.29, 0.717) is 17.2 Å². The van der Waals surface area contributed by atoms with E-state index in [1.807, 2.05) is 42.5 Å². The summed E-state index contributed by atoms with van der Waals surface area (Å²) in [4.78, 5) is 12.8. The fourth-order valence-corrected chi connectivity index (χ4v) is 3.29. The summed E-state index contributed by atoms with van der Waals surface area (Å²) >= 11 is 7.49. The van der Waals surface area contributed by atoms with Gasteiger partial charge in [0.1, 0.15) is 16.5 Å². The van der Waals surface area contributed by atoms with Gasteiger partial charge < -0.3 is 21.3 Å². The summed E-state index contributed by atoms with van der Waals surface area (Å²) in [7, 11) is 0. The number of carbonyl (C=O) groups excluding carboxylic acids is 1. The zero-order valence-corrected chi connectivity index (χ0v) is 13.0. The molecule has 5 nitrogen and oxygen atoms in total. The molecule has 1 aliphatic heterocycles. The average molecular weight is 339 g/mol. The second-order valence-electron chi connectivity index (χ2n) is 4.53. The van der Waals surface area contributed by atoms with Crippen molar-refractivity contribution >= 4 is 35.0 Å². The number of nitrogens with one attached hydrogen (secondary N) is 1. The van der Waals surface area contributed by atoms with Gasteiger partial charge in [0.15, 0.2) is 5.75 Å². The summed E-state index contributed by atoms with van der Waals surface area (Å²) < 4.78 is 5.32. The number of alkyl halides is 1. The largest absolute Gasteiger partial charge is 0.455 e. The van der Waals surface area contributed by atoms with Crippen molar-refractivity contribution in [1.82, 2.24) is 0 Å². The van der Waals surface area contributed by atoms with Crippen LogP contribution in [0.3, 0.4) is 0 Å². The first-order chi connectivity index (χ1) is 10.1. The highest BCUT2D eigenvalue weighted by Crippen LogP contribution is 2.42. The van der Waals surface area contributed by atoms with Crippen LogP contribution in [0, 0.1) is 0 Å². The Labute approximate surface area is 137 Å². The number of para-hydroxylation sites is 2.